The van der Waals surface area contributed by atoms with Crippen LogP contribution in [-0.4, -0.2) is 8.24 Å². The summed E-state index contributed by atoms with van der Waals surface area (Å²) in [7, 11) is -2.42. The van der Waals surface area contributed by atoms with E-state index in [1.165, 1.54) is 48.2 Å². The van der Waals surface area contributed by atoms with Gasteiger partial charge in [-0.2, -0.15) is 0 Å². The average Bonchev–Trinajstić information content (AvgIpc) is 3.31. The summed E-state index contributed by atoms with van der Waals surface area (Å²) in [6.45, 7) is 2.28. The van der Waals surface area contributed by atoms with Crippen LogP contribution < -0.4 is 15.4 Å². The predicted octanol–water partition coefficient (Wildman–Crippen LogP) is 6.62. The summed E-state index contributed by atoms with van der Waals surface area (Å²) < 4.78 is 0. The van der Waals surface area contributed by atoms with Gasteiger partial charge in [0, 0.05) is 5.69 Å². The molecule has 3 aromatic rings. The Morgan fingerprint density at radius 3 is 1.87 bits per heavy atom. The second kappa shape index (κ2) is 10.5. The summed E-state index contributed by atoms with van der Waals surface area (Å²) in [6.07, 6.45) is 12.2. The summed E-state index contributed by atoms with van der Waals surface area (Å²) in [5.41, 5.74) is 2.76. The van der Waals surface area contributed by atoms with Crippen molar-refractivity contribution < 1.29 is 0 Å². The number of rotatable bonds is 10. The van der Waals surface area contributed by atoms with Gasteiger partial charge in [0.15, 0.2) is 0 Å². The summed E-state index contributed by atoms with van der Waals surface area (Å²) in [5, 5.41) is 4.47. The minimum absolute atomic E-state index is 1.04. The lowest BCUT2D eigenvalue weighted by molar-refractivity contribution is 0.668. The van der Waals surface area contributed by atoms with E-state index in [0.717, 1.165) is 6.42 Å². The maximum atomic E-state index is 4.14. The molecule has 0 saturated heterocycles. The van der Waals surface area contributed by atoms with Gasteiger partial charge >= 0.3 is 0 Å². The van der Waals surface area contributed by atoms with Crippen molar-refractivity contribution in [3.63, 3.8) is 0 Å². The first-order chi connectivity index (χ1) is 15.3. The molecule has 4 rings (SSSR count). The van der Waals surface area contributed by atoms with Gasteiger partial charge in [0.2, 0.25) is 8.24 Å². The Morgan fingerprint density at radius 1 is 0.710 bits per heavy atom. The highest BCUT2D eigenvalue weighted by Crippen LogP contribution is 2.32. The lowest BCUT2D eigenvalue weighted by Crippen LogP contribution is -2.66. The van der Waals surface area contributed by atoms with Gasteiger partial charge in [-0.3, -0.25) is 0 Å². The fraction of sp³-hybridized carbons (Fsp3) is 0.241. The number of allylic oxidation sites excluding steroid dienone is 4. The maximum Gasteiger partial charge on any atom is 0.247 e. The Morgan fingerprint density at radius 2 is 1.29 bits per heavy atom. The molecule has 1 N–H and O–H groups in total. The summed E-state index contributed by atoms with van der Waals surface area (Å²) in [6, 6.07) is 33.1. The van der Waals surface area contributed by atoms with Crippen molar-refractivity contribution in [2.45, 2.75) is 45.4 Å². The first-order valence-corrected chi connectivity index (χ1v) is 13.7. The van der Waals surface area contributed by atoms with Crippen molar-refractivity contribution in [3.8, 4) is 0 Å². The lowest BCUT2D eigenvalue weighted by Gasteiger charge is -2.37. The molecule has 0 aliphatic heterocycles. The molecule has 31 heavy (non-hydrogen) atoms. The minimum atomic E-state index is -2.42. The summed E-state index contributed by atoms with van der Waals surface area (Å²) in [4.78, 5) is 4.14. The first-order valence-electron chi connectivity index (χ1n) is 11.7. The molecule has 1 aliphatic rings. The molecule has 1 nitrogen and oxygen atoms in total. The van der Waals surface area contributed by atoms with Crippen LogP contribution in [0.5, 0.6) is 0 Å². The van der Waals surface area contributed by atoms with Crippen molar-refractivity contribution in [1.82, 2.24) is 0 Å². The number of hydrogen-bond acceptors (Lipinski definition) is 1. The van der Waals surface area contributed by atoms with E-state index in [9.17, 15) is 0 Å². The Bertz CT molecular complexity index is 967. The molecule has 0 spiro atoms. The van der Waals surface area contributed by atoms with Gasteiger partial charge in [-0.05, 0) is 47.0 Å². The Kier molecular flexibility index (Phi) is 7.21. The van der Waals surface area contributed by atoms with Crippen molar-refractivity contribution in [3.05, 3.63) is 114 Å². The van der Waals surface area contributed by atoms with Crippen LogP contribution in [0.15, 0.2) is 114 Å². The zero-order chi connectivity index (χ0) is 21.4. The minimum Gasteiger partial charge on any atom is -0.400 e. The van der Waals surface area contributed by atoms with Gasteiger partial charge in [-0.15, -0.1) is 0 Å². The highest BCUT2D eigenvalue weighted by Gasteiger charge is 2.43. The van der Waals surface area contributed by atoms with E-state index in [2.05, 4.69) is 115 Å². The number of nitrogens with one attached hydrogen (secondary N) is 1. The molecule has 0 atom stereocenters. The van der Waals surface area contributed by atoms with E-state index in [-0.39, 0.29) is 0 Å². The van der Waals surface area contributed by atoms with Crippen molar-refractivity contribution >= 4 is 24.3 Å². The van der Waals surface area contributed by atoms with E-state index in [0.29, 0.717) is 0 Å². The summed E-state index contributed by atoms with van der Waals surface area (Å²) in [5.74, 6) is 0. The average molecular weight is 424 g/mol. The second-order valence-corrected chi connectivity index (χ2v) is 11.9. The number of hydrogen-bond donors (Lipinski definition) is 1. The number of benzene rings is 3. The van der Waals surface area contributed by atoms with Crippen LogP contribution in [-0.2, 0) is 0 Å². The largest absolute Gasteiger partial charge is 0.400 e. The normalized spacial score (nSPS) is 13.6. The van der Waals surface area contributed by atoms with E-state index >= 15 is 0 Å². The highest BCUT2D eigenvalue weighted by atomic mass is 28.3. The maximum absolute atomic E-state index is 4.14. The topological polar surface area (TPSA) is 12.0 Å². The molecular weight excluding hydrogens is 390 g/mol. The fourth-order valence-electron chi connectivity index (χ4n) is 4.77. The lowest BCUT2D eigenvalue weighted by atomic mass is 10.1. The Hall–Kier alpha value is -2.84. The van der Waals surface area contributed by atoms with Gasteiger partial charge < -0.3 is 4.98 Å². The van der Waals surface area contributed by atoms with Gasteiger partial charge in [-0.25, -0.2) is 0 Å². The molecule has 0 radical (unpaired) electrons. The molecule has 0 unspecified atom stereocenters. The molecule has 0 aromatic heterocycles. The zero-order valence-corrected chi connectivity index (χ0v) is 19.6. The smallest absolute Gasteiger partial charge is 0.247 e. The van der Waals surface area contributed by atoms with Crippen LogP contribution in [0.25, 0.3) is 0 Å². The van der Waals surface area contributed by atoms with E-state index in [1.54, 1.807) is 10.8 Å². The Labute approximate surface area is 188 Å². The van der Waals surface area contributed by atoms with Crippen LogP contribution in [0.2, 0.25) is 0 Å². The van der Waals surface area contributed by atoms with Gasteiger partial charge in [0.05, 0.1) is 0 Å². The summed E-state index contributed by atoms with van der Waals surface area (Å²) >= 11 is 0. The second-order valence-electron chi connectivity index (χ2n) is 8.39. The zero-order valence-electron chi connectivity index (χ0n) is 18.6. The Balaban J connectivity index is 1.87. The van der Waals surface area contributed by atoms with E-state index in [1.807, 2.05) is 0 Å². The third-order valence-corrected chi connectivity index (χ3v) is 10.8. The number of unbranched alkanes of at least 4 members (excludes halogenated alkanes) is 3. The van der Waals surface area contributed by atoms with Crippen LogP contribution in [0.4, 0.5) is 5.69 Å². The molecule has 0 fully saturated rings. The molecule has 3 aromatic carbocycles. The molecule has 0 amide bonds. The number of para-hydroxylation sites is 1. The van der Waals surface area contributed by atoms with Gasteiger partial charge in [-0.1, -0.05) is 123 Å². The molecule has 1 aliphatic carbocycles. The fourth-order valence-corrected chi connectivity index (χ4v) is 9.34. The molecular formula is C29H33NSi. The van der Waals surface area contributed by atoms with Gasteiger partial charge in [0.1, 0.15) is 0 Å². The van der Waals surface area contributed by atoms with Crippen LogP contribution in [0, 0.1) is 0 Å². The first kappa shape index (κ1) is 21.4. The van der Waals surface area contributed by atoms with Crippen LogP contribution >= 0.6 is 0 Å². The SMILES string of the molecule is CCCCCCC1=C([Si](Nc2ccccc2)(c2ccccc2)c2ccccc2)CC=C1. The quantitative estimate of drug-likeness (QED) is 0.285. The van der Waals surface area contributed by atoms with Crippen molar-refractivity contribution in [2.24, 2.45) is 0 Å². The van der Waals surface area contributed by atoms with Crippen molar-refractivity contribution in [1.29, 1.82) is 0 Å². The monoisotopic (exact) mass is 423 g/mol. The van der Waals surface area contributed by atoms with Crippen LogP contribution in [0.3, 0.4) is 0 Å². The molecule has 158 valence electrons. The van der Waals surface area contributed by atoms with Crippen LogP contribution in [0.1, 0.15) is 45.4 Å². The third kappa shape index (κ3) is 4.75. The molecule has 2 heteroatoms. The highest BCUT2D eigenvalue weighted by molar-refractivity contribution is 7.09. The van der Waals surface area contributed by atoms with E-state index in [4.69, 9.17) is 0 Å². The molecule has 0 heterocycles. The molecule has 0 bridgehead atoms. The third-order valence-electron chi connectivity index (χ3n) is 6.30. The predicted molar refractivity (Wildman–Crippen MR) is 138 cm³/mol. The molecule has 0 saturated carbocycles. The number of anilines is 1. The van der Waals surface area contributed by atoms with Gasteiger partial charge in [0.25, 0.3) is 0 Å². The standard InChI is InChI=1S/C29H33NSi/c1-2-3-4-8-16-25-17-15-24-29(25)31(27-20-11-6-12-21-27,28-22-13-7-14-23-28)30-26-18-9-5-10-19-26/h5-7,9-15,17-23,30H,2-4,8,16,24H2,1H3. The van der Waals surface area contributed by atoms with Crippen molar-refractivity contribution in [2.75, 3.05) is 4.98 Å². The van der Waals surface area contributed by atoms with E-state index < -0.39 is 8.24 Å².